The maximum atomic E-state index is 12.6. The topological polar surface area (TPSA) is 41.5 Å². The highest BCUT2D eigenvalue weighted by Gasteiger charge is 2.30. The van der Waals surface area contributed by atoms with Crippen LogP contribution < -0.4 is 5.32 Å². The SMILES string of the molecule is CC=CC(CCNC(=O)Cc1cccc(C(F)(F)F)c1)=NC. The van der Waals surface area contributed by atoms with Crippen LogP contribution in [0.3, 0.4) is 0 Å². The van der Waals surface area contributed by atoms with Crippen LogP contribution in [0.15, 0.2) is 41.4 Å². The number of rotatable bonds is 6. The van der Waals surface area contributed by atoms with Crippen LogP contribution in [0.5, 0.6) is 0 Å². The molecule has 1 N–H and O–H groups in total. The summed E-state index contributed by atoms with van der Waals surface area (Å²) in [4.78, 5) is 15.8. The first-order chi connectivity index (χ1) is 10.4. The zero-order chi connectivity index (χ0) is 16.6. The fourth-order valence-electron chi connectivity index (χ4n) is 1.90. The Bertz CT molecular complexity index is 563. The molecule has 0 atom stereocenters. The fraction of sp³-hybridized carbons (Fsp3) is 0.375. The van der Waals surface area contributed by atoms with Crippen molar-refractivity contribution in [1.82, 2.24) is 5.32 Å². The lowest BCUT2D eigenvalue weighted by Crippen LogP contribution is -2.27. The summed E-state index contributed by atoms with van der Waals surface area (Å²) in [5, 5.41) is 2.68. The van der Waals surface area contributed by atoms with Gasteiger partial charge in [0.2, 0.25) is 5.91 Å². The number of allylic oxidation sites excluding steroid dienone is 2. The molecule has 1 aromatic rings. The first-order valence-corrected chi connectivity index (χ1v) is 6.88. The normalized spacial score (nSPS) is 12.7. The standard InChI is InChI=1S/C16H19F3N2O/c1-3-5-14(20-2)8-9-21-15(22)11-12-6-4-7-13(10-12)16(17,18)19/h3-7,10H,8-9,11H2,1-2H3,(H,21,22). The first-order valence-electron chi connectivity index (χ1n) is 6.88. The molecule has 1 rings (SSSR count). The molecular formula is C16H19F3N2O. The van der Waals surface area contributed by atoms with E-state index in [1.807, 2.05) is 19.1 Å². The second-order valence-electron chi connectivity index (χ2n) is 4.69. The molecule has 22 heavy (non-hydrogen) atoms. The molecule has 6 heteroatoms. The molecule has 0 heterocycles. The van der Waals surface area contributed by atoms with Crippen molar-refractivity contribution >= 4 is 11.6 Å². The Balaban J connectivity index is 2.52. The van der Waals surface area contributed by atoms with E-state index in [2.05, 4.69) is 10.3 Å². The van der Waals surface area contributed by atoms with Crippen LogP contribution in [-0.2, 0) is 17.4 Å². The van der Waals surface area contributed by atoms with Crippen molar-refractivity contribution < 1.29 is 18.0 Å². The minimum atomic E-state index is -4.40. The van der Waals surface area contributed by atoms with E-state index in [1.54, 1.807) is 7.05 Å². The molecule has 0 aliphatic heterocycles. The number of aliphatic imine (C=N–C) groups is 1. The number of benzene rings is 1. The van der Waals surface area contributed by atoms with Gasteiger partial charge in [0.05, 0.1) is 12.0 Å². The molecule has 1 amide bonds. The number of hydrogen-bond acceptors (Lipinski definition) is 2. The van der Waals surface area contributed by atoms with Gasteiger partial charge in [0.15, 0.2) is 0 Å². The molecule has 0 aliphatic carbocycles. The average Bonchev–Trinajstić information content (AvgIpc) is 2.45. The van der Waals surface area contributed by atoms with Crippen molar-refractivity contribution in [2.75, 3.05) is 13.6 Å². The van der Waals surface area contributed by atoms with Gasteiger partial charge in [0.1, 0.15) is 0 Å². The number of carbonyl (C=O) groups is 1. The third-order valence-electron chi connectivity index (χ3n) is 2.97. The van der Waals surface area contributed by atoms with Gasteiger partial charge in [0.25, 0.3) is 0 Å². The summed E-state index contributed by atoms with van der Waals surface area (Å²) in [7, 11) is 1.67. The lowest BCUT2D eigenvalue weighted by atomic mass is 10.1. The summed E-state index contributed by atoms with van der Waals surface area (Å²) < 4.78 is 37.8. The van der Waals surface area contributed by atoms with Gasteiger partial charge in [-0.05, 0) is 24.6 Å². The van der Waals surface area contributed by atoms with Gasteiger partial charge >= 0.3 is 6.18 Å². The smallest absolute Gasteiger partial charge is 0.355 e. The highest BCUT2D eigenvalue weighted by molar-refractivity contribution is 5.95. The van der Waals surface area contributed by atoms with E-state index >= 15 is 0 Å². The van der Waals surface area contributed by atoms with Gasteiger partial charge in [-0.25, -0.2) is 0 Å². The van der Waals surface area contributed by atoms with Crippen molar-refractivity contribution in [1.29, 1.82) is 0 Å². The predicted molar refractivity (Wildman–Crippen MR) is 80.9 cm³/mol. The summed E-state index contributed by atoms with van der Waals surface area (Å²) in [6.45, 7) is 2.27. The maximum Gasteiger partial charge on any atom is 0.416 e. The molecule has 120 valence electrons. The number of amides is 1. The van der Waals surface area contributed by atoms with E-state index in [0.717, 1.165) is 17.8 Å². The Morgan fingerprint density at radius 1 is 1.36 bits per heavy atom. The lowest BCUT2D eigenvalue weighted by molar-refractivity contribution is -0.137. The number of nitrogens with one attached hydrogen (secondary N) is 1. The molecule has 1 aromatic carbocycles. The molecule has 0 saturated carbocycles. The second kappa shape index (κ2) is 8.36. The van der Waals surface area contributed by atoms with E-state index < -0.39 is 11.7 Å². The maximum absolute atomic E-state index is 12.6. The minimum absolute atomic E-state index is 0.0772. The van der Waals surface area contributed by atoms with Crippen LogP contribution in [0.4, 0.5) is 13.2 Å². The van der Waals surface area contributed by atoms with Crippen LogP contribution in [0.1, 0.15) is 24.5 Å². The van der Waals surface area contributed by atoms with Crippen molar-refractivity contribution in [3.63, 3.8) is 0 Å². The van der Waals surface area contributed by atoms with E-state index in [-0.39, 0.29) is 12.3 Å². The largest absolute Gasteiger partial charge is 0.416 e. The highest BCUT2D eigenvalue weighted by atomic mass is 19.4. The summed E-state index contributed by atoms with van der Waals surface area (Å²) in [5.74, 6) is -0.310. The Morgan fingerprint density at radius 3 is 2.68 bits per heavy atom. The molecule has 0 radical (unpaired) electrons. The van der Waals surface area contributed by atoms with Gasteiger partial charge in [-0.15, -0.1) is 0 Å². The van der Waals surface area contributed by atoms with Crippen molar-refractivity contribution in [3.8, 4) is 0 Å². The van der Waals surface area contributed by atoms with Gasteiger partial charge in [0, 0.05) is 25.7 Å². The quantitative estimate of drug-likeness (QED) is 0.804. The third-order valence-corrected chi connectivity index (χ3v) is 2.97. The Morgan fingerprint density at radius 2 is 2.09 bits per heavy atom. The molecular weight excluding hydrogens is 293 g/mol. The van der Waals surface area contributed by atoms with E-state index in [1.165, 1.54) is 12.1 Å². The van der Waals surface area contributed by atoms with Crippen molar-refractivity contribution in [2.24, 2.45) is 4.99 Å². The van der Waals surface area contributed by atoms with Gasteiger partial charge in [-0.3, -0.25) is 9.79 Å². The Labute approximate surface area is 127 Å². The highest BCUT2D eigenvalue weighted by Crippen LogP contribution is 2.29. The van der Waals surface area contributed by atoms with Crippen LogP contribution in [0.25, 0.3) is 0 Å². The zero-order valence-electron chi connectivity index (χ0n) is 12.6. The second-order valence-corrected chi connectivity index (χ2v) is 4.69. The third kappa shape index (κ3) is 6.11. The lowest BCUT2D eigenvalue weighted by Gasteiger charge is -2.09. The average molecular weight is 312 g/mol. The zero-order valence-corrected chi connectivity index (χ0v) is 12.6. The number of halogens is 3. The first kappa shape index (κ1) is 17.9. The minimum Gasteiger partial charge on any atom is -0.355 e. The number of alkyl halides is 3. The van der Waals surface area contributed by atoms with E-state index in [4.69, 9.17) is 0 Å². The molecule has 0 saturated heterocycles. The molecule has 0 aliphatic rings. The summed E-state index contributed by atoms with van der Waals surface area (Å²) in [5.41, 5.74) is 0.443. The van der Waals surface area contributed by atoms with Gasteiger partial charge in [-0.1, -0.05) is 24.3 Å². The van der Waals surface area contributed by atoms with Gasteiger partial charge in [-0.2, -0.15) is 13.2 Å². The molecule has 0 fully saturated rings. The number of hydrogen-bond donors (Lipinski definition) is 1. The molecule has 0 aromatic heterocycles. The monoisotopic (exact) mass is 312 g/mol. The Hall–Kier alpha value is -2.11. The molecule has 3 nitrogen and oxygen atoms in total. The van der Waals surface area contributed by atoms with Crippen LogP contribution in [-0.4, -0.2) is 25.2 Å². The van der Waals surface area contributed by atoms with Gasteiger partial charge < -0.3 is 5.32 Å². The molecule has 0 spiro atoms. The summed E-state index contributed by atoms with van der Waals surface area (Å²) >= 11 is 0. The predicted octanol–water partition coefficient (Wildman–Crippen LogP) is 3.40. The van der Waals surface area contributed by atoms with E-state index in [0.29, 0.717) is 18.5 Å². The van der Waals surface area contributed by atoms with Crippen molar-refractivity contribution in [3.05, 3.63) is 47.5 Å². The fourth-order valence-corrected chi connectivity index (χ4v) is 1.90. The molecule has 0 unspecified atom stereocenters. The van der Waals surface area contributed by atoms with E-state index in [9.17, 15) is 18.0 Å². The Kier molecular flexibility index (Phi) is 6.82. The molecule has 0 bridgehead atoms. The van der Waals surface area contributed by atoms with Crippen LogP contribution in [0.2, 0.25) is 0 Å². The number of nitrogens with zero attached hydrogens (tertiary/aromatic N) is 1. The number of carbonyl (C=O) groups excluding carboxylic acids is 1. The summed E-state index contributed by atoms with van der Waals surface area (Å²) in [6.07, 6.45) is -0.196. The summed E-state index contributed by atoms with van der Waals surface area (Å²) in [6, 6.07) is 4.80. The van der Waals surface area contributed by atoms with Crippen LogP contribution >= 0.6 is 0 Å². The van der Waals surface area contributed by atoms with Crippen molar-refractivity contribution in [2.45, 2.75) is 25.9 Å². The van der Waals surface area contributed by atoms with Crippen LogP contribution in [0, 0.1) is 0 Å².